The van der Waals surface area contributed by atoms with Crippen LogP contribution >= 0.6 is 0 Å². The van der Waals surface area contributed by atoms with Crippen LogP contribution in [0.25, 0.3) is 11.1 Å². The fourth-order valence-corrected chi connectivity index (χ4v) is 2.95. The van der Waals surface area contributed by atoms with E-state index in [9.17, 15) is 13.2 Å². The van der Waals surface area contributed by atoms with Crippen molar-refractivity contribution in [3.05, 3.63) is 54.1 Å². The van der Waals surface area contributed by atoms with Crippen LogP contribution in [-0.4, -0.2) is 40.3 Å². The second-order valence-electron chi connectivity index (χ2n) is 5.96. The lowest BCUT2D eigenvalue weighted by Gasteiger charge is -2.10. The summed E-state index contributed by atoms with van der Waals surface area (Å²) in [6.07, 6.45) is 2.05. The van der Waals surface area contributed by atoms with E-state index in [0.29, 0.717) is 12.1 Å². The van der Waals surface area contributed by atoms with Gasteiger partial charge in [0.05, 0.1) is 11.0 Å². The highest BCUT2D eigenvalue weighted by molar-refractivity contribution is 7.90. The van der Waals surface area contributed by atoms with Gasteiger partial charge in [-0.05, 0) is 48.7 Å². The van der Waals surface area contributed by atoms with Crippen molar-refractivity contribution >= 4 is 15.7 Å². The molecule has 25 heavy (non-hydrogen) atoms. The molecule has 2 aromatic rings. The third-order valence-corrected chi connectivity index (χ3v) is 5.13. The van der Waals surface area contributed by atoms with E-state index in [1.54, 1.807) is 43.5 Å². The largest absolute Gasteiger partial charge is 0.382 e. The van der Waals surface area contributed by atoms with Crippen molar-refractivity contribution in [3.63, 3.8) is 0 Å². The molecule has 1 amide bonds. The number of ether oxygens (including phenoxy) is 1. The molecule has 2 rings (SSSR count). The number of amides is 1. The number of carbonyl (C=O) groups is 1. The van der Waals surface area contributed by atoms with Crippen molar-refractivity contribution < 1.29 is 17.9 Å². The molecular formula is C19H23NO4S. The van der Waals surface area contributed by atoms with Crippen LogP contribution in [0.4, 0.5) is 0 Å². The minimum atomic E-state index is -3.20. The highest BCUT2D eigenvalue weighted by Crippen LogP contribution is 2.22. The van der Waals surface area contributed by atoms with Gasteiger partial charge in [-0.15, -0.1) is 0 Å². The minimum absolute atomic E-state index is 0.109. The summed E-state index contributed by atoms with van der Waals surface area (Å²) in [6.45, 7) is 2.51. The molecule has 2 aromatic carbocycles. The van der Waals surface area contributed by atoms with Gasteiger partial charge >= 0.3 is 0 Å². The molecular weight excluding hydrogens is 338 g/mol. The topological polar surface area (TPSA) is 72.5 Å². The first-order valence-electron chi connectivity index (χ1n) is 8.03. The Morgan fingerprint density at radius 2 is 1.56 bits per heavy atom. The number of hydrogen-bond acceptors (Lipinski definition) is 4. The van der Waals surface area contributed by atoms with Gasteiger partial charge in [-0.1, -0.05) is 24.3 Å². The lowest BCUT2D eigenvalue weighted by atomic mass is 10.0. The van der Waals surface area contributed by atoms with Crippen LogP contribution in [0.5, 0.6) is 0 Å². The van der Waals surface area contributed by atoms with Crippen molar-refractivity contribution in [2.24, 2.45) is 0 Å². The summed E-state index contributed by atoms with van der Waals surface area (Å²) in [5.74, 6) is -0.123. The number of benzene rings is 2. The third kappa shape index (κ3) is 5.41. The van der Waals surface area contributed by atoms with Crippen LogP contribution in [-0.2, 0) is 14.6 Å². The fraction of sp³-hybridized carbons (Fsp3) is 0.316. The Kier molecular flexibility index (Phi) is 6.33. The molecule has 0 saturated heterocycles. The lowest BCUT2D eigenvalue weighted by Crippen LogP contribution is -2.26. The first-order chi connectivity index (χ1) is 11.8. The number of hydrogen-bond donors (Lipinski definition) is 1. The second kappa shape index (κ2) is 8.27. The monoisotopic (exact) mass is 361 g/mol. The number of sulfone groups is 1. The molecule has 0 aromatic heterocycles. The van der Waals surface area contributed by atoms with Crippen LogP contribution < -0.4 is 5.32 Å². The molecule has 0 aliphatic heterocycles. The molecule has 0 bridgehead atoms. The summed E-state index contributed by atoms with van der Waals surface area (Å²) >= 11 is 0. The summed E-state index contributed by atoms with van der Waals surface area (Å²) < 4.78 is 28.1. The molecule has 0 fully saturated rings. The van der Waals surface area contributed by atoms with E-state index >= 15 is 0 Å². The third-order valence-electron chi connectivity index (χ3n) is 4.00. The molecule has 1 atom stereocenters. The Bertz CT molecular complexity index is 812. The van der Waals surface area contributed by atoms with Gasteiger partial charge in [0.25, 0.3) is 5.91 Å². The average molecular weight is 361 g/mol. The maximum Gasteiger partial charge on any atom is 0.251 e. The van der Waals surface area contributed by atoms with E-state index in [1.165, 1.54) is 6.26 Å². The van der Waals surface area contributed by atoms with Crippen LogP contribution in [0, 0.1) is 0 Å². The standard InChI is InChI=1S/C19H23NO4S/c1-14(24-2)12-13-20-19(21)17-6-4-15(5-7-17)16-8-10-18(11-9-16)25(3,22)23/h4-11,14H,12-13H2,1-3H3,(H,20,21)/t14-/m0/s1. The lowest BCUT2D eigenvalue weighted by molar-refractivity contribution is 0.0918. The highest BCUT2D eigenvalue weighted by Gasteiger charge is 2.09. The van der Waals surface area contributed by atoms with Crippen molar-refractivity contribution in [2.75, 3.05) is 19.9 Å². The molecule has 0 aliphatic carbocycles. The molecule has 134 valence electrons. The first kappa shape index (κ1) is 19.1. The van der Waals surface area contributed by atoms with Gasteiger partial charge in [0, 0.05) is 25.5 Å². The van der Waals surface area contributed by atoms with Gasteiger partial charge in [-0.2, -0.15) is 0 Å². The average Bonchev–Trinajstić information content (AvgIpc) is 2.61. The highest BCUT2D eigenvalue weighted by atomic mass is 32.2. The molecule has 5 nitrogen and oxygen atoms in total. The Hall–Kier alpha value is -2.18. The fourth-order valence-electron chi connectivity index (χ4n) is 2.32. The smallest absolute Gasteiger partial charge is 0.251 e. The number of rotatable bonds is 7. The summed E-state index contributed by atoms with van der Waals surface area (Å²) in [7, 11) is -1.55. The van der Waals surface area contributed by atoms with Gasteiger partial charge in [0.2, 0.25) is 0 Å². The minimum Gasteiger partial charge on any atom is -0.382 e. The van der Waals surface area contributed by atoms with Gasteiger partial charge in [0.1, 0.15) is 0 Å². The molecule has 1 N–H and O–H groups in total. The van der Waals surface area contributed by atoms with E-state index in [-0.39, 0.29) is 16.9 Å². The second-order valence-corrected chi connectivity index (χ2v) is 7.98. The Labute approximate surface area is 148 Å². The van der Waals surface area contributed by atoms with E-state index in [4.69, 9.17) is 4.74 Å². The van der Waals surface area contributed by atoms with Crippen molar-refractivity contribution in [1.82, 2.24) is 5.32 Å². The zero-order chi connectivity index (χ0) is 18.4. The van der Waals surface area contributed by atoms with Gasteiger partial charge in [-0.3, -0.25) is 4.79 Å². The normalized spacial score (nSPS) is 12.6. The zero-order valence-corrected chi connectivity index (χ0v) is 15.5. The van der Waals surface area contributed by atoms with E-state index in [2.05, 4.69) is 5.32 Å². The molecule has 0 radical (unpaired) electrons. The summed E-state index contributed by atoms with van der Waals surface area (Å²) in [5, 5.41) is 2.86. The maximum atomic E-state index is 12.1. The number of carbonyl (C=O) groups excluding carboxylic acids is 1. The van der Waals surface area contributed by atoms with Crippen LogP contribution in [0.1, 0.15) is 23.7 Å². The number of nitrogens with one attached hydrogen (secondary N) is 1. The van der Waals surface area contributed by atoms with Gasteiger partial charge in [0.15, 0.2) is 9.84 Å². The number of methoxy groups -OCH3 is 1. The summed E-state index contributed by atoms with van der Waals surface area (Å²) in [6, 6.07) is 13.9. The van der Waals surface area contributed by atoms with Crippen molar-refractivity contribution in [1.29, 1.82) is 0 Å². The molecule has 0 aliphatic rings. The SMILES string of the molecule is CO[C@@H](C)CCNC(=O)c1ccc(-c2ccc(S(C)(=O)=O)cc2)cc1. The van der Waals surface area contributed by atoms with Gasteiger partial charge < -0.3 is 10.1 Å². The molecule has 0 heterocycles. The van der Waals surface area contributed by atoms with Crippen molar-refractivity contribution in [3.8, 4) is 11.1 Å². The van der Waals surface area contributed by atoms with Gasteiger partial charge in [-0.25, -0.2) is 8.42 Å². The predicted octanol–water partition coefficient (Wildman–Crippen LogP) is 2.91. The Morgan fingerprint density at radius 3 is 2.04 bits per heavy atom. The van der Waals surface area contributed by atoms with E-state index < -0.39 is 9.84 Å². The first-order valence-corrected chi connectivity index (χ1v) is 9.92. The summed E-state index contributed by atoms with van der Waals surface area (Å²) in [5.41, 5.74) is 2.40. The predicted molar refractivity (Wildman–Crippen MR) is 98.4 cm³/mol. The van der Waals surface area contributed by atoms with Crippen molar-refractivity contribution in [2.45, 2.75) is 24.3 Å². The van der Waals surface area contributed by atoms with Crippen LogP contribution in [0.3, 0.4) is 0 Å². The quantitative estimate of drug-likeness (QED) is 0.823. The zero-order valence-electron chi connectivity index (χ0n) is 14.7. The van der Waals surface area contributed by atoms with E-state index in [1.807, 2.05) is 19.1 Å². The van der Waals surface area contributed by atoms with Crippen LogP contribution in [0.2, 0.25) is 0 Å². The van der Waals surface area contributed by atoms with E-state index in [0.717, 1.165) is 17.5 Å². The Balaban J connectivity index is 2.03. The van der Waals surface area contributed by atoms with Crippen LogP contribution in [0.15, 0.2) is 53.4 Å². The molecule has 6 heteroatoms. The molecule has 0 spiro atoms. The molecule has 0 unspecified atom stereocenters. The summed E-state index contributed by atoms with van der Waals surface area (Å²) in [4.78, 5) is 12.4. The Morgan fingerprint density at radius 1 is 1.04 bits per heavy atom. The molecule has 0 saturated carbocycles. The maximum absolute atomic E-state index is 12.1.